The van der Waals surface area contributed by atoms with Crippen molar-refractivity contribution in [1.29, 1.82) is 0 Å². The standard InChI is InChI=1S/C21H23N5O/c1-25-13-14(12-22-25)19-7-4-10-26(19)20-11-17(21(27)23-15-8-9-15)16-5-2-3-6-18(16)24-20/h2-3,5-6,11-13,15,19H,4,7-10H2,1H3,(H,23,27). The summed E-state index contributed by atoms with van der Waals surface area (Å²) in [4.78, 5) is 20.1. The molecule has 3 heterocycles. The van der Waals surface area contributed by atoms with Gasteiger partial charge in [0, 0.05) is 36.8 Å². The van der Waals surface area contributed by atoms with Gasteiger partial charge in [0.05, 0.1) is 23.3 Å². The van der Waals surface area contributed by atoms with Crippen LogP contribution in [0.25, 0.3) is 10.9 Å². The normalized spacial score (nSPS) is 19.6. The molecule has 6 nitrogen and oxygen atoms in total. The van der Waals surface area contributed by atoms with Crippen molar-refractivity contribution < 1.29 is 4.79 Å². The summed E-state index contributed by atoms with van der Waals surface area (Å²) >= 11 is 0. The Balaban J connectivity index is 1.57. The van der Waals surface area contributed by atoms with Gasteiger partial charge in [-0.05, 0) is 37.8 Å². The Morgan fingerprint density at radius 3 is 2.85 bits per heavy atom. The first-order valence-electron chi connectivity index (χ1n) is 9.65. The van der Waals surface area contributed by atoms with Crippen LogP contribution in [-0.4, -0.2) is 33.3 Å². The van der Waals surface area contributed by atoms with Crippen molar-refractivity contribution in [2.45, 2.75) is 37.8 Å². The van der Waals surface area contributed by atoms with E-state index in [2.05, 4.69) is 21.5 Å². The molecule has 0 spiro atoms. The average molecular weight is 361 g/mol. The highest BCUT2D eigenvalue weighted by Gasteiger charge is 2.30. The maximum Gasteiger partial charge on any atom is 0.252 e. The summed E-state index contributed by atoms with van der Waals surface area (Å²) < 4.78 is 1.84. The minimum absolute atomic E-state index is 0.00877. The number of benzene rings is 1. The lowest BCUT2D eigenvalue weighted by atomic mass is 10.1. The van der Waals surface area contributed by atoms with Crippen LogP contribution in [0.15, 0.2) is 42.7 Å². The molecule has 2 fully saturated rings. The first-order chi connectivity index (χ1) is 13.2. The number of para-hydroxylation sites is 1. The topological polar surface area (TPSA) is 63.1 Å². The highest BCUT2D eigenvalue weighted by molar-refractivity contribution is 6.07. The summed E-state index contributed by atoms with van der Waals surface area (Å²) in [6, 6.07) is 10.5. The van der Waals surface area contributed by atoms with Crippen molar-refractivity contribution in [3.63, 3.8) is 0 Å². The maximum absolute atomic E-state index is 12.9. The van der Waals surface area contributed by atoms with Crippen LogP contribution in [-0.2, 0) is 7.05 Å². The van der Waals surface area contributed by atoms with Crippen LogP contribution in [0, 0.1) is 0 Å². The van der Waals surface area contributed by atoms with E-state index in [1.165, 1.54) is 5.56 Å². The number of amides is 1. The summed E-state index contributed by atoms with van der Waals surface area (Å²) in [6.45, 7) is 0.939. The fourth-order valence-corrected chi connectivity index (χ4v) is 3.99. The Hall–Kier alpha value is -2.89. The highest BCUT2D eigenvalue weighted by atomic mass is 16.1. The maximum atomic E-state index is 12.9. The molecule has 3 aromatic rings. The number of carbonyl (C=O) groups excluding carboxylic acids is 1. The van der Waals surface area contributed by atoms with Gasteiger partial charge < -0.3 is 10.2 Å². The zero-order chi connectivity index (χ0) is 18.4. The molecule has 138 valence electrons. The van der Waals surface area contributed by atoms with Gasteiger partial charge in [0.15, 0.2) is 0 Å². The average Bonchev–Trinajstić information content (AvgIpc) is 3.17. The van der Waals surface area contributed by atoms with Crippen LogP contribution >= 0.6 is 0 Å². The molecule has 1 aliphatic heterocycles. The van der Waals surface area contributed by atoms with Crippen LogP contribution < -0.4 is 10.2 Å². The third-order valence-corrected chi connectivity index (χ3v) is 5.52. The number of hydrogen-bond donors (Lipinski definition) is 1. The van der Waals surface area contributed by atoms with E-state index in [1.54, 1.807) is 0 Å². The lowest BCUT2D eigenvalue weighted by Crippen LogP contribution is -2.27. The highest BCUT2D eigenvalue weighted by Crippen LogP contribution is 2.36. The molecular formula is C21H23N5O. The van der Waals surface area contributed by atoms with Crippen molar-refractivity contribution in [2.75, 3.05) is 11.4 Å². The molecule has 1 unspecified atom stereocenters. The number of nitrogens with zero attached hydrogens (tertiary/aromatic N) is 4. The largest absolute Gasteiger partial charge is 0.349 e. The van der Waals surface area contributed by atoms with Crippen molar-refractivity contribution in [1.82, 2.24) is 20.1 Å². The Kier molecular flexibility index (Phi) is 3.85. The fourth-order valence-electron chi connectivity index (χ4n) is 3.99. The number of aromatic nitrogens is 3. The molecule has 1 amide bonds. The third-order valence-electron chi connectivity index (χ3n) is 5.52. The van der Waals surface area contributed by atoms with E-state index in [4.69, 9.17) is 4.98 Å². The first kappa shape index (κ1) is 16.3. The van der Waals surface area contributed by atoms with Gasteiger partial charge in [-0.2, -0.15) is 5.10 Å². The molecule has 27 heavy (non-hydrogen) atoms. The number of hydrogen-bond acceptors (Lipinski definition) is 4. The smallest absolute Gasteiger partial charge is 0.252 e. The fraction of sp³-hybridized carbons (Fsp3) is 0.381. The third kappa shape index (κ3) is 3.05. The summed E-state index contributed by atoms with van der Waals surface area (Å²) in [7, 11) is 1.94. The van der Waals surface area contributed by atoms with E-state index in [-0.39, 0.29) is 11.9 Å². The van der Waals surface area contributed by atoms with Crippen LogP contribution in [0.1, 0.15) is 47.6 Å². The number of carbonyl (C=O) groups is 1. The summed E-state index contributed by atoms with van der Waals surface area (Å²) in [5.74, 6) is 0.885. The summed E-state index contributed by atoms with van der Waals surface area (Å²) in [5.41, 5.74) is 2.79. The lowest BCUT2D eigenvalue weighted by Gasteiger charge is -2.26. The number of pyridine rings is 1. The molecule has 2 aromatic heterocycles. The van der Waals surface area contributed by atoms with Crippen molar-refractivity contribution in [3.8, 4) is 0 Å². The molecule has 1 atom stereocenters. The predicted molar refractivity (Wildman–Crippen MR) is 105 cm³/mol. The second-order valence-electron chi connectivity index (χ2n) is 7.59. The Morgan fingerprint density at radius 2 is 2.07 bits per heavy atom. The van der Waals surface area contributed by atoms with E-state index in [0.29, 0.717) is 6.04 Å². The van der Waals surface area contributed by atoms with Gasteiger partial charge in [-0.3, -0.25) is 9.48 Å². The van der Waals surface area contributed by atoms with Gasteiger partial charge in [-0.25, -0.2) is 4.98 Å². The predicted octanol–water partition coefficient (Wildman–Crippen LogP) is 3.20. The summed E-state index contributed by atoms with van der Waals surface area (Å²) in [5, 5.41) is 8.37. The molecule has 5 rings (SSSR count). The van der Waals surface area contributed by atoms with Crippen LogP contribution in [0.5, 0.6) is 0 Å². The minimum atomic E-state index is 0.00877. The monoisotopic (exact) mass is 361 g/mol. The molecule has 2 aliphatic rings. The Morgan fingerprint density at radius 1 is 1.22 bits per heavy atom. The van der Waals surface area contributed by atoms with Gasteiger partial charge >= 0.3 is 0 Å². The van der Waals surface area contributed by atoms with Gasteiger partial charge in [-0.15, -0.1) is 0 Å². The zero-order valence-electron chi connectivity index (χ0n) is 15.4. The van der Waals surface area contributed by atoms with Crippen LogP contribution in [0.4, 0.5) is 5.82 Å². The van der Waals surface area contributed by atoms with Gasteiger partial charge in [0.25, 0.3) is 5.91 Å². The molecule has 0 radical (unpaired) electrons. The molecule has 1 saturated carbocycles. The zero-order valence-corrected chi connectivity index (χ0v) is 15.4. The van der Waals surface area contributed by atoms with E-state index in [9.17, 15) is 4.79 Å². The molecule has 6 heteroatoms. The molecule has 0 bridgehead atoms. The Labute approximate surface area is 158 Å². The SMILES string of the molecule is Cn1cc(C2CCCN2c2cc(C(=O)NC3CC3)c3ccccc3n2)cn1. The molecule has 1 N–H and O–H groups in total. The second kappa shape index (κ2) is 6.37. The van der Waals surface area contributed by atoms with Gasteiger partial charge in [0.1, 0.15) is 5.82 Å². The number of fused-ring (bicyclic) bond motifs is 1. The van der Waals surface area contributed by atoms with E-state index in [1.807, 2.05) is 48.3 Å². The molecule has 1 saturated heterocycles. The first-order valence-corrected chi connectivity index (χ1v) is 9.65. The number of nitrogens with one attached hydrogen (secondary N) is 1. The molecule has 1 aliphatic carbocycles. The van der Waals surface area contributed by atoms with E-state index >= 15 is 0 Å². The van der Waals surface area contributed by atoms with E-state index in [0.717, 1.165) is 54.5 Å². The summed E-state index contributed by atoms with van der Waals surface area (Å²) in [6.07, 6.45) is 8.35. The Bertz CT molecular complexity index is 1010. The quantitative estimate of drug-likeness (QED) is 0.775. The second-order valence-corrected chi connectivity index (χ2v) is 7.59. The van der Waals surface area contributed by atoms with Crippen molar-refractivity contribution in [3.05, 3.63) is 53.9 Å². The van der Waals surface area contributed by atoms with Gasteiger partial charge in [0.2, 0.25) is 0 Å². The number of anilines is 1. The number of aryl methyl sites for hydroxylation is 1. The minimum Gasteiger partial charge on any atom is -0.349 e. The van der Waals surface area contributed by atoms with Crippen molar-refractivity contribution in [2.24, 2.45) is 7.05 Å². The van der Waals surface area contributed by atoms with Gasteiger partial charge in [-0.1, -0.05) is 18.2 Å². The van der Waals surface area contributed by atoms with Crippen LogP contribution in [0.3, 0.4) is 0 Å². The lowest BCUT2D eigenvalue weighted by molar-refractivity contribution is 0.0952. The molecule has 1 aromatic carbocycles. The van der Waals surface area contributed by atoms with Crippen LogP contribution in [0.2, 0.25) is 0 Å². The number of rotatable bonds is 4. The van der Waals surface area contributed by atoms with Crippen molar-refractivity contribution >= 4 is 22.6 Å². The molecular weight excluding hydrogens is 338 g/mol. The van der Waals surface area contributed by atoms with E-state index < -0.39 is 0 Å².